The molecule has 0 heterocycles. The number of hydrogen-bond acceptors (Lipinski definition) is 3. The number of hydrogen-bond donors (Lipinski definition) is 0. The summed E-state index contributed by atoms with van der Waals surface area (Å²) in [5.74, 6) is -0.374. The zero-order valence-corrected chi connectivity index (χ0v) is 8.75. The summed E-state index contributed by atoms with van der Waals surface area (Å²) >= 11 is 0. The van der Waals surface area contributed by atoms with Crippen molar-refractivity contribution in [1.82, 2.24) is 0 Å². The maximum absolute atomic E-state index is 11.0. The molecular weight excluding hydrogens is 180 g/mol. The van der Waals surface area contributed by atoms with Crippen LogP contribution in [0.3, 0.4) is 0 Å². The minimum atomic E-state index is -0.662. The molecule has 0 aromatic carbocycles. The number of rotatable bonds is 5. The Bertz CT molecular complexity index is 205. The third kappa shape index (κ3) is 3.48. The average Bonchev–Trinajstić information content (AvgIpc) is 2.69. The fourth-order valence-electron chi connectivity index (χ4n) is 1.84. The van der Waals surface area contributed by atoms with Crippen LogP contribution in [0.15, 0.2) is 0 Å². The summed E-state index contributed by atoms with van der Waals surface area (Å²) in [4.78, 5) is 21.8. The second kappa shape index (κ2) is 5.78. The summed E-state index contributed by atoms with van der Waals surface area (Å²) in [6.07, 6.45) is 6.25. The van der Waals surface area contributed by atoms with E-state index in [1.807, 2.05) is 0 Å². The van der Waals surface area contributed by atoms with E-state index in [4.69, 9.17) is 4.74 Å². The van der Waals surface area contributed by atoms with Gasteiger partial charge in [0.15, 0.2) is 0 Å². The quantitative estimate of drug-likeness (QED) is 0.502. The molecule has 0 atom stereocenters. The van der Waals surface area contributed by atoms with Gasteiger partial charge in [-0.2, -0.15) is 0 Å². The van der Waals surface area contributed by atoms with Gasteiger partial charge >= 0.3 is 5.97 Å². The van der Waals surface area contributed by atoms with Crippen molar-refractivity contribution < 1.29 is 14.3 Å². The summed E-state index contributed by atoms with van der Waals surface area (Å²) < 4.78 is 4.87. The minimum absolute atomic E-state index is 0.238. The van der Waals surface area contributed by atoms with E-state index in [9.17, 15) is 9.59 Å². The highest BCUT2D eigenvalue weighted by Crippen LogP contribution is 2.27. The van der Waals surface area contributed by atoms with Crippen LogP contribution in [0.25, 0.3) is 0 Å². The average molecular weight is 198 g/mol. The molecule has 1 rings (SSSR count). The zero-order valence-electron chi connectivity index (χ0n) is 8.75. The molecule has 0 bridgehead atoms. The number of carbonyl (C=O) groups excluding carboxylic acids is 2. The first-order valence-electron chi connectivity index (χ1n) is 5.44. The number of esters is 1. The maximum atomic E-state index is 11.0. The Morgan fingerprint density at radius 1 is 1.29 bits per heavy atom. The van der Waals surface area contributed by atoms with E-state index in [0.29, 0.717) is 12.5 Å². The summed E-state index contributed by atoms with van der Waals surface area (Å²) in [5.41, 5.74) is 0. The molecule has 0 radical (unpaired) electrons. The molecule has 0 N–H and O–H groups in total. The monoisotopic (exact) mass is 198 g/mol. The van der Waals surface area contributed by atoms with Crippen molar-refractivity contribution in [1.29, 1.82) is 0 Å². The van der Waals surface area contributed by atoms with Crippen LogP contribution in [0.1, 0.15) is 45.4 Å². The van der Waals surface area contributed by atoms with Crippen LogP contribution in [-0.4, -0.2) is 18.4 Å². The second-order valence-corrected chi connectivity index (χ2v) is 3.85. The highest BCUT2D eigenvalue weighted by Gasteiger charge is 2.17. The van der Waals surface area contributed by atoms with Gasteiger partial charge in [-0.3, -0.25) is 4.79 Å². The van der Waals surface area contributed by atoms with E-state index >= 15 is 0 Å². The minimum Gasteiger partial charge on any atom is -0.460 e. The standard InChI is InChI=1S/C11H18O3/c1-2-10(12)11(13)14-8-7-9-5-3-4-6-9/h9H,2-8H2,1H3. The molecule has 0 aromatic rings. The smallest absolute Gasteiger partial charge is 0.374 e. The van der Waals surface area contributed by atoms with Gasteiger partial charge in [-0.15, -0.1) is 0 Å². The van der Waals surface area contributed by atoms with Gasteiger partial charge in [0, 0.05) is 6.42 Å². The fourth-order valence-corrected chi connectivity index (χ4v) is 1.84. The zero-order chi connectivity index (χ0) is 10.4. The Kier molecular flexibility index (Phi) is 4.63. The summed E-state index contributed by atoms with van der Waals surface area (Å²) in [6.45, 7) is 2.08. The highest BCUT2D eigenvalue weighted by atomic mass is 16.5. The lowest BCUT2D eigenvalue weighted by molar-refractivity contribution is -0.154. The van der Waals surface area contributed by atoms with Gasteiger partial charge in [0.1, 0.15) is 0 Å². The SMILES string of the molecule is CCC(=O)C(=O)OCCC1CCCC1. The predicted molar refractivity (Wildman–Crippen MR) is 52.8 cm³/mol. The van der Waals surface area contributed by atoms with Crippen LogP contribution in [0.2, 0.25) is 0 Å². The second-order valence-electron chi connectivity index (χ2n) is 3.85. The fraction of sp³-hybridized carbons (Fsp3) is 0.818. The first-order valence-corrected chi connectivity index (χ1v) is 5.44. The molecule has 1 aliphatic rings. The Hall–Kier alpha value is -0.860. The number of ketones is 1. The Morgan fingerprint density at radius 2 is 1.93 bits per heavy atom. The van der Waals surface area contributed by atoms with Crippen molar-refractivity contribution in [3.05, 3.63) is 0 Å². The molecular formula is C11H18O3. The topological polar surface area (TPSA) is 43.4 Å². The molecule has 0 aliphatic heterocycles. The molecule has 80 valence electrons. The predicted octanol–water partition coefficient (Wildman–Crippen LogP) is 2.09. The normalized spacial score (nSPS) is 16.9. The van der Waals surface area contributed by atoms with Gasteiger partial charge in [0.05, 0.1) is 6.61 Å². The van der Waals surface area contributed by atoms with E-state index in [-0.39, 0.29) is 6.42 Å². The van der Waals surface area contributed by atoms with E-state index < -0.39 is 11.8 Å². The van der Waals surface area contributed by atoms with Gasteiger partial charge in [0.2, 0.25) is 5.78 Å². The van der Waals surface area contributed by atoms with Crippen LogP contribution < -0.4 is 0 Å². The third-order valence-electron chi connectivity index (χ3n) is 2.78. The Balaban J connectivity index is 2.08. The van der Waals surface area contributed by atoms with Crippen LogP contribution >= 0.6 is 0 Å². The van der Waals surface area contributed by atoms with E-state index in [0.717, 1.165) is 6.42 Å². The number of ether oxygens (including phenoxy) is 1. The van der Waals surface area contributed by atoms with Gasteiger partial charge in [-0.1, -0.05) is 32.6 Å². The van der Waals surface area contributed by atoms with Gasteiger partial charge in [0.25, 0.3) is 0 Å². The maximum Gasteiger partial charge on any atom is 0.374 e. The van der Waals surface area contributed by atoms with Crippen LogP contribution in [0.5, 0.6) is 0 Å². The number of carbonyl (C=O) groups is 2. The molecule has 0 amide bonds. The van der Waals surface area contributed by atoms with Gasteiger partial charge < -0.3 is 4.74 Å². The van der Waals surface area contributed by atoms with Crippen molar-refractivity contribution >= 4 is 11.8 Å². The molecule has 0 saturated heterocycles. The lowest BCUT2D eigenvalue weighted by atomic mass is 10.1. The van der Waals surface area contributed by atoms with Crippen molar-refractivity contribution in [2.75, 3.05) is 6.61 Å². The Morgan fingerprint density at radius 3 is 2.50 bits per heavy atom. The van der Waals surface area contributed by atoms with Gasteiger partial charge in [-0.05, 0) is 12.3 Å². The summed E-state index contributed by atoms with van der Waals surface area (Å²) in [5, 5.41) is 0. The Labute approximate surface area is 84.8 Å². The molecule has 1 saturated carbocycles. The highest BCUT2D eigenvalue weighted by molar-refractivity contribution is 6.33. The summed E-state index contributed by atoms with van der Waals surface area (Å²) in [6, 6.07) is 0. The third-order valence-corrected chi connectivity index (χ3v) is 2.78. The number of Topliss-reactive ketones (excluding diaryl/α,β-unsaturated/α-hetero) is 1. The molecule has 1 aliphatic carbocycles. The van der Waals surface area contributed by atoms with Crippen molar-refractivity contribution in [3.8, 4) is 0 Å². The molecule has 0 aromatic heterocycles. The van der Waals surface area contributed by atoms with Crippen molar-refractivity contribution in [2.24, 2.45) is 5.92 Å². The largest absolute Gasteiger partial charge is 0.460 e. The summed E-state index contributed by atoms with van der Waals surface area (Å²) in [7, 11) is 0. The molecule has 0 unspecified atom stereocenters. The van der Waals surface area contributed by atoms with E-state index in [1.54, 1.807) is 6.92 Å². The van der Waals surface area contributed by atoms with Crippen LogP contribution in [0, 0.1) is 5.92 Å². The molecule has 3 heteroatoms. The molecule has 3 nitrogen and oxygen atoms in total. The van der Waals surface area contributed by atoms with Crippen molar-refractivity contribution in [3.63, 3.8) is 0 Å². The molecule has 1 fully saturated rings. The first-order chi connectivity index (χ1) is 6.74. The van der Waals surface area contributed by atoms with Crippen LogP contribution in [-0.2, 0) is 14.3 Å². The van der Waals surface area contributed by atoms with Gasteiger partial charge in [-0.25, -0.2) is 4.79 Å². The van der Waals surface area contributed by atoms with Crippen LogP contribution in [0.4, 0.5) is 0 Å². The lowest BCUT2D eigenvalue weighted by Gasteiger charge is -2.08. The van der Waals surface area contributed by atoms with Crippen molar-refractivity contribution in [2.45, 2.75) is 45.4 Å². The first kappa shape index (κ1) is 11.2. The lowest BCUT2D eigenvalue weighted by Crippen LogP contribution is -2.17. The van der Waals surface area contributed by atoms with E-state index in [2.05, 4.69) is 0 Å². The molecule has 0 spiro atoms. The van der Waals surface area contributed by atoms with E-state index in [1.165, 1.54) is 25.7 Å². The molecule has 14 heavy (non-hydrogen) atoms.